The van der Waals surface area contributed by atoms with Gasteiger partial charge in [0.15, 0.2) is 0 Å². The minimum absolute atomic E-state index is 0.112. The molecule has 0 unspecified atom stereocenters. The van der Waals surface area contributed by atoms with Crippen molar-refractivity contribution < 1.29 is 9.53 Å². The average molecular weight is 418 g/mol. The minimum atomic E-state index is -0.112. The quantitative estimate of drug-likeness (QED) is 0.530. The van der Waals surface area contributed by atoms with Gasteiger partial charge in [0.2, 0.25) is 0 Å². The highest BCUT2D eigenvalue weighted by Gasteiger charge is 2.08. The highest BCUT2D eigenvalue weighted by atomic mass is 35.5. The number of halogens is 2. The lowest BCUT2D eigenvalue weighted by molar-refractivity contribution is 0.0952. The van der Waals surface area contributed by atoms with Crippen molar-refractivity contribution in [2.75, 3.05) is 6.54 Å². The van der Waals surface area contributed by atoms with E-state index in [4.69, 9.17) is 27.9 Å². The molecule has 146 valence electrons. The van der Waals surface area contributed by atoms with Gasteiger partial charge in [-0.1, -0.05) is 41.4 Å². The first-order valence-electron chi connectivity index (χ1n) is 8.96. The summed E-state index contributed by atoms with van der Waals surface area (Å²) in [4.78, 5) is 12.4. The summed E-state index contributed by atoms with van der Waals surface area (Å²) in [7, 11) is 0. The maximum absolute atomic E-state index is 12.4. The number of hydrogen-bond donors (Lipinski definition) is 1. The van der Waals surface area contributed by atoms with Crippen LogP contribution in [0.4, 0.5) is 0 Å². The number of benzene rings is 2. The highest BCUT2D eigenvalue weighted by Crippen LogP contribution is 2.31. The summed E-state index contributed by atoms with van der Waals surface area (Å²) in [6.07, 6.45) is 4.61. The second-order valence-electron chi connectivity index (χ2n) is 6.43. The van der Waals surface area contributed by atoms with Crippen LogP contribution in [0.2, 0.25) is 10.0 Å². The Kier molecular flexibility index (Phi) is 6.95. The van der Waals surface area contributed by atoms with E-state index < -0.39 is 0 Å². The number of rotatable bonds is 8. The SMILES string of the molecule is Cc1cnn(CCCNC(=O)c2cccc(COc3cccc(Cl)c3Cl)c2)c1. The molecule has 3 rings (SSSR count). The zero-order chi connectivity index (χ0) is 19.9. The molecule has 0 atom stereocenters. The van der Waals surface area contributed by atoms with Crippen molar-refractivity contribution in [1.82, 2.24) is 15.1 Å². The van der Waals surface area contributed by atoms with Crippen molar-refractivity contribution in [3.63, 3.8) is 0 Å². The van der Waals surface area contributed by atoms with Crippen molar-refractivity contribution in [1.29, 1.82) is 0 Å². The van der Waals surface area contributed by atoms with Gasteiger partial charge in [0.25, 0.3) is 5.91 Å². The average Bonchev–Trinajstić information content (AvgIpc) is 3.11. The predicted octanol–water partition coefficient (Wildman–Crippen LogP) is 4.90. The Balaban J connectivity index is 1.50. The summed E-state index contributed by atoms with van der Waals surface area (Å²) < 4.78 is 7.61. The highest BCUT2D eigenvalue weighted by molar-refractivity contribution is 6.42. The van der Waals surface area contributed by atoms with Crippen molar-refractivity contribution >= 4 is 29.1 Å². The fraction of sp³-hybridized carbons (Fsp3) is 0.238. The second kappa shape index (κ2) is 9.62. The Labute approximate surface area is 174 Å². The zero-order valence-corrected chi connectivity index (χ0v) is 17.0. The third-order valence-electron chi connectivity index (χ3n) is 4.11. The van der Waals surface area contributed by atoms with Gasteiger partial charge in [-0.05, 0) is 48.7 Å². The lowest BCUT2D eigenvalue weighted by Crippen LogP contribution is -2.25. The van der Waals surface area contributed by atoms with Gasteiger partial charge in [-0.2, -0.15) is 5.10 Å². The van der Waals surface area contributed by atoms with E-state index in [1.807, 2.05) is 42.2 Å². The van der Waals surface area contributed by atoms with Gasteiger partial charge in [-0.25, -0.2) is 0 Å². The molecular formula is C21H21Cl2N3O2. The zero-order valence-electron chi connectivity index (χ0n) is 15.5. The van der Waals surface area contributed by atoms with Crippen molar-refractivity contribution in [3.8, 4) is 5.75 Å². The molecule has 0 saturated carbocycles. The molecule has 28 heavy (non-hydrogen) atoms. The first-order valence-corrected chi connectivity index (χ1v) is 9.71. The van der Waals surface area contributed by atoms with Gasteiger partial charge in [0.05, 0.1) is 11.2 Å². The van der Waals surface area contributed by atoms with E-state index in [-0.39, 0.29) is 5.91 Å². The molecule has 1 N–H and O–H groups in total. The Bertz CT molecular complexity index is 956. The van der Waals surface area contributed by atoms with E-state index in [1.165, 1.54) is 0 Å². The minimum Gasteiger partial charge on any atom is -0.487 e. The van der Waals surface area contributed by atoms with Gasteiger partial charge in [0.1, 0.15) is 17.4 Å². The maximum Gasteiger partial charge on any atom is 0.251 e. The number of ether oxygens (including phenoxy) is 1. The predicted molar refractivity (Wildman–Crippen MR) is 111 cm³/mol. The van der Waals surface area contributed by atoms with E-state index in [9.17, 15) is 4.79 Å². The number of hydrogen-bond acceptors (Lipinski definition) is 3. The standard InChI is InChI=1S/C21H21Cl2N3O2/c1-15-12-25-26(13-15)10-4-9-24-21(27)17-6-2-5-16(11-17)14-28-19-8-3-7-18(22)20(19)23/h2-3,5-8,11-13H,4,9-10,14H2,1H3,(H,24,27). The van der Waals surface area contributed by atoms with Crippen LogP contribution in [0.25, 0.3) is 0 Å². The van der Waals surface area contributed by atoms with Crippen molar-refractivity contribution in [2.24, 2.45) is 0 Å². The van der Waals surface area contributed by atoms with Crippen molar-refractivity contribution in [3.05, 3.63) is 81.6 Å². The maximum atomic E-state index is 12.4. The monoisotopic (exact) mass is 417 g/mol. The summed E-state index contributed by atoms with van der Waals surface area (Å²) >= 11 is 12.1. The summed E-state index contributed by atoms with van der Waals surface area (Å²) in [5.74, 6) is 0.400. The van der Waals surface area contributed by atoms with Crippen LogP contribution in [-0.4, -0.2) is 22.2 Å². The summed E-state index contributed by atoms with van der Waals surface area (Å²) in [6, 6.07) is 12.6. The Hall–Kier alpha value is -2.50. The van der Waals surface area contributed by atoms with Crippen LogP contribution in [-0.2, 0) is 13.2 Å². The molecule has 1 heterocycles. The fourth-order valence-corrected chi connectivity index (χ4v) is 3.04. The molecule has 0 bridgehead atoms. The van der Waals surface area contributed by atoms with E-state index in [0.717, 1.165) is 24.1 Å². The molecule has 7 heteroatoms. The number of carbonyl (C=O) groups excluding carboxylic acids is 1. The number of aromatic nitrogens is 2. The van der Waals surface area contributed by atoms with Crippen LogP contribution < -0.4 is 10.1 Å². The molecule has 0 radical (unpaired) electrons. The van der Waals surface area contributed by atoms with Gasteiger partial charge < -0.3 is 10.1 Å². The number of nitrogens with one attached hydrogen (secondary N) is 1. The van der Waals surface area contributed by atoms with Gasteiger partial charge in [-0.3, -0.25) is 9.48 Å². The lowest BCUT2D eigenvalue weighted by atomic mass is 10.1. The number of carbonyl (C=O) groups is 1. The Morgan fingerprint density at radius 1 is 1.21 bits per heavy atom. The van der Waals surface area contributed by atoms with Crippen LogP contribution in [0, 0.1) is 6.92 Å². The fourth-order valence-electron chi connectivity index (χ4n) is 2.69. The van der Waals surface area contributed by atoms with Gasteiger partial charge in [0, 0.05) is 24.8 Å². The van der Waals surface area contributed by atoms with E-state index in [1.54, 1.807) is 24.3 Å². The molecule has 0 saturated heterocycles. The summed E-state index contributed by atoms with van der Waals surface area (Å²) in [5.41, 5.74) is 2.59. The van der Waals surface area contributed by atoms with Crippen LogP contribution >= 0.6 is 23.2 Å². The van der Waals surface area contributed by atoms with Gasteiger partial charge in [-0.15, -0.1) is 0 Å². The molecule has 0 spiro atoms. The third kappa shape index (κ3) is 5.50. The largest absolute Gasteiger partial charge is 0.487 e. The van der Waals surface area contributed by atoms with Crippen LogP contribution in [0.5, 0.6) is 5.75 Å². The number of nitrogens with zero attached hydrogens (tertiary/aromatic N) is 2. The molecule has 0 fully saturated rings. The van der Waals surface area contributed by atoms with E-state index in [2.05, 4.69) is 10.4 Å². The molecule has 1 aromatic heterocycles. The summed E-state index contributed by atoms with van der Waals surface area (Å²) in [6.45, 7) is 3.64. The molecule has 3 aromatic rings. The number of amides is 1. The van der Waals surface area contributed by atoms with Crippen LogP contribution in [0.15, 0.2) is 54.9 Å². The van der Waals surface area contributed by atoms with E-state index in [0.29, 0.717) is 34.5 Å². The Morgan fingerprint density at radius 2 is 2.04 bits per heavy atom. The molecule has 2 aromatic carbocycles. The molecule has 0 aliphatic rings. The normalized spacial score (nSPS) is 10.7. The number of aryl methyl sites for hydroxylation is 2. The second-order valence-corrected chi connectivity index (χ2v) is 7.22. The third-order valence-corrected chi connectivity index (χ3v) is 4.91. The molecule has 0 aliphatic carbocycles. The molecule has 5 nitrogen and oxygen atoms in total. The summed E-state index contributed by atoms with van der Waals surface area (Å²) in [5, 5.41) is 7.99. The van der Waals surface area contributed by atoms with E-state index >= 15 is 0 Å². The lowest BCUT2D eigenvalue weighted by Gasteiger charge is -2.10. The smallest absolute Gasteiger partial charge is 0.251 e. The van der Waals surface area contributed by atoms with Crippen molar-refractivity contribution in [2.45, 2.75) is 26.5 Å². The van der Waals surface area contributed by atoms with Crippen LogP contribution in [0.1, 0.15) is 27.9 Å². The van der Waals surface area contributed by atoms with Gasteiger partial charge >= 0.3 is 0 Å². The molecule has 1 amide bonds. The first-order chi connectivity index (χ1) is 13.5. The Morgan fingerprint density at radius 3 is 2.82 bits per heavy atom. The van der Waals surface area contributed by atoms with Crippen LogP contribution in [0.3, 0.4) is 0 Å². The first kappa shape index (κ1) is 20.2. The molecule has 0 aliphatic heterocycles. The molecular weight excluding hydrogens is 397 g/mol. The topological polar surface area (TPSA) is 56.2 Å².